The van der Waals surface area contributed by atoms with Crippen LogP contribution in [0.25, 0.3) is 27.7 Å². The molecule has 0 N–H and O–H groups in total. The van der Waals surface area contributed by atoms with Gasteiger partial charge < -0.3 is 4.40 Å². The lowest BCUT2D eigenvalue weighted by molar-refractivity contribution is 0.103. The molecule has 3 nitrogen and oxygen atoms in total. The number of fused-ring (bicyclic) bond motifs is 3. The highest BCUT2D eigenvalue weighted by molar-refractivity contribution is 14.1. The molecule has 150 valence electrons. The maximum absolute atomic E-state index is 13.7. The third kappa shape index (κ3) is 3.18. The zero-order valence-electron chi connectivity index (χ0n) is 16.8. The van der Waals surface area contributed by atoms with Crippen molar-refractivity contribution in [3.8, 4) is 11.3 Å². The fourth-order valence-electron chi connectivity index (χ4n) is 4.11. The molecular formula is C27H18INO2. The zero-order chi connectivity index (χ0) is 21.5. The number of carbonyl (C=O) groups is 2. The van der Waals surface area contributed by atoms with Crippen LogP contribution in [-0.4, -0.2) is 16.5 Å². The SMILES string of the molecule is Cc1ccc(-c2c(I)c(C(=O)c3ccccc3)c3c(C=O)cc4ccccc4n23)cc1. The summed E-state index contributed by atoms with van der Waals surface area (Å²) in [5, 5.41) is 0.954. The van der Waals surface area contributed by atoms with Crippen molar-refractivity contribution in [3.63, 3.8) is 0 Å². The number of aldehydes is 1. The van der Waals surface area contributed by atoms with Gasteiger partial charge in [0.15, 0.2) is 12.1 Å². The van der Waals surface area contributed by atoms with Crippen LogP contribution in [0.2, 0.25) is 0 Å². The van der Waals surface area contributed by atoms with Crippen LogP contribution in [0.4, 0.5) is 0 Å². The molecule has 31 heavy (non-hydrogen) atoms. The van der Waals surface area contributed by atoms with Crippen molar-refractivity contribution in [2.24, 2.45) is 0 Å². The van der Waals surface area contributed by atoms with Crippen molar-refractivity contribution in [1.29, 1.82) is 0 Å². The van der Waals surface area contributed by atoms with E-state index in [1.165, 1.54) is 5.56 Å². The first-order valence-corrected chi connectivity index (χ1v) is 11.1. The fraction of sp³-hybridized carbons (Fsp3) is 0.0370. The summed E-state index contributed by atoms with van der Waals surface area (Å²) >= 11 is 2.26. The molecule has 3 aromatic carbocycles. The number of pyridine rings is 1. The summed E-state index contributed by atoms with van der Waals surface area (Å²) in [5.74, 6) is -0.0840. The zero-order valence-corrected chi connectivity index (χ0v) is 19.0. The third-order valence-corrected chi connectivity index (χ3v) is 6.64. The molecule has 5 rings (SSSR count). The van der Waals surface area contributed by atoms with Crippen LogP contribution in [-0.2, 0) is 0 Å². The molecule has 5 aromatic rings. The van der Waals surface area contributed by atoms with Gasteiger partial charge in [-0.3, -0.25) is 9.59 Å². The number of nitrogens with zero attached hydrogens (tertiary/aromatic N) is 1. The van der Waals surface area contributed by atoms with Gasteiger partial charge in [-0.2, -0.15) is 0 Å². The van der Waals surface area contributed by atoms with E-state index in [4.69, 9.17) is 0 Å². The Hall–Kier alpha value is -3.25. The number of carbonyl (C=O) groups excluding carboxylic acids is 2. The lowest BCUT2D eigenvalue weighted by atomic mass is 10.0. The quantitative estimate of drug-likeness (QED) is 0.152. The van der Waals surface area contributed by atoms with Gasteiger partial charge in [-0.25, -0.2) is 0 Å². The molecule has 0 aliphatic carbocycles. The molecule has 0 saturated carbocycles. The minimum absolute atomic E-state index is 0.0840. The molecule has 0 amide bonds. The van der Waals surface area contributed by atoms with E-state index in [9.17, 15) is 9.59 Å². The number of hydrogen-bond donors (Lipinski definition) is 0. The molecule has 4 heteroatoms. The first-order chi connectivity index (χ1) is 15.1. The van der Waals surface area contributed by atoms with Gasteiger partial charge >= 0.3 is 0 Å². The number of benzene rings is 3. The monoisotopic (exact) mass is 515 g/mol. The van der Waals surface area contributed by atoms with Gasteiger partial charge in [-0.15, -0.1) is 0 Å². The summed E-state index contributed by atoms with van der Waals surface area (Å²) in [6.45, 7) is 2.05. The van der Waals surface area contributed by atoms with Crippen molar-refractivity contribution in [2.75, 3.05) is 0 Å². The summed E-state index contributed by atoms with van der Waals surface area (Å²) in [4.78, 5) is 25.8. The molecule has 2 heterocycles. The van der Waals surface area contributed by atoms with E-state index < -0.39 is 0 Å². The molecular weight excluding hydrogens is 497 g/mol. The largest absolute Gasteiger partial charge is 0.307 e. The van der Waals surface area contributed by atoms with E-state index in [2.05, 4.69) is 58.2 Å². The minimum Gasteiger partial charge on any atom is -0.307 e. The van der Waals surface area contributed by atoms with E-state index in [1.807, 2.05) is 60.7 Å². The predicted octanol–water partition coefficient (Wildman–Crippen LogP) is 6.72. The molecule has 0 atom stereocenters. The Bertz CT molecular complexity index is 1460. The Morgan fingerprint density at radius 3 is 2.29 bits per heavy atom. The Kier molecular flexibility index (Phi) is 4.94. The van der Waals surface area contributed by atoms with Gasteiger partial charge in [0.05, 0.1) is 25.9 Å². The van der Waals surface area contributed by atoms with E-state index in [0.717, 1.165) is 32.0 Å². The molecule has 0 radical (unpaired) electrons. The van der Waals surface area contributed by atoms with Crippen molar-refractivity contribution in [3.05, 3.63) is 111 Å². The first kappa shape index (κ1) is 19.7. The lowest BCUT2D eigenvalue weighted by Crippen LogP contribution is -2.04. The average Bonchev–Trinajstić information content (AvgIpc) is 3.12. The summed E-state index contributed by atoms with van der Waals surface area (Å²) in [6.07, 6.45) is 0.846. The van der Waals surface area contributed by atoms with Gasteiger partial charge in [0.1, 0.15) is 0 Å². The Morgan fingerprint density at radius 2 is 1.58 bits per heavy atom. The van der Waals surface area contributed by atoms with Crippen molar-refractivity contribution < 1.29 is 9.59 Å². The molecule has 0 bridgehead atoms. The number of halogens is 1. The van der Waals surface area contributed by atoms with E-state index in [-0.39, 0.29) is 5.78 Å². The van der Waals surface area contributed by atoms with Gasteiger partial charge in [0.25, 0.3) is 0 Å². The standard InChI is InChI=1S/C27H18INO2/c1-17-11-13-18(14-12-17)26-24(28)23(27(31)19-7-3-2-4-8-19)25-21(16-30)15-20-9-5-6-10-22(20)29(25)26/h2-16H,1H3. The number of ketones is 1. The van der Waals surface area contributed by atoms with Crippen LogP contribution in [0, 0.1) is 10.5 Å². The van der Waals surface area contributed by atoms with Crippen LogP contribution in [0.3, 0.4) is 0 Å². The highest BCUT2D eigenvalue weighted by atomic mass is 127. The second-order valence-corrected chi connectivity index (χ2v) is 8.64. The minimum atomic E-state index is -0.0840. The Labute approximate surface area is 193 Å². The average molecular weight is 515 g/mol. The molecule has 0 aliphatic heterocycles. The third-order valence-electron chi connectivity index (χ3n) is 5.59. The first-order valence-electron chi connectivity index (χ1n) is 9.98. The molecule has 0 saturated heterocycles. The van der Waals surface area contributed by atoms with Crippen LogP contribution < -0.4 is 0 Å². The van der Waals surface area contributed by atoms with Crippen molar-refractivity contribution in [2.45, 2.75) is 6.92 Å². The predicted molar refractivity (Wildman–Crippen MR) is 133 cm³/mol. The topological polar surface area (TPSA) is 38.5 Å². The van der Waals surface area contributed by atoms with Crippen LogP contribution in [0.5, 0.6) is 0 Å². The number of hydrogen-bond acceptors (Lipinski definition) is 2. The Morgan fingerprint density at radius 1 is 0.903 bits per heavy atom. The van der Waals surface area contributed by atoms with Gasteiger partial charge in [0, 0.05) is 11.1 Å². The molecule has 0 unspecified atom stereocenters. The smallest absolute Gasteiger partial charge is 0.196 e. The van der Waals surface area contributed by atoms with Crippen LogP contribution >= 0.6 is 22.6 Å². The summed E-state index contributed by atoms with van der Waals surface area (Å²) in [7, 11) is 0. The van der Waals surface area contributed by atoms with Gasteiger partial charge in [0.2, 0.25) is 0 Å². The molecule has 0 spiro atoms. The van der Waals surface area contributed by atoms with E-state index in [1.54, 1.807) is 0 Å². The summed E-state index contributed by atoms with van der Waals surface area (Å²) in [6, 6.07) is 27.3. The summed E-state index contributed by atoms with van der Waals surface area (Å²) in [5.41, 5.74) is 6.39. The maximum Gasteiger partial charge on any atom is 0.196 e. The maximum atomic E-state index is 13.7. The number of aromatic nitrogens is 1. The highest BCUT2D eigenvalue weighted by Crippen LogP contribution is 2.38. The fourth-order valence-corrected chi connectivity index (χ4v) is 5.16. The van der Waals surface area contributed by atoms with Gasteiger partial charge in [-0.1, -0.05) is 78.4 Å². The second kappa shape index (κ2) is 7.78. The lowest BCUT2D eigenvalue weighted by Gasteiger charge is -2.10. The number of rotatable bonds is 4. The summed E-state index contributed by atoms with van der Waals surface area (Å²) < 4.78 is 2.91. The van der Waals surface area contributed by atoms with Gasteiger partial charge in [-0.05, 0) is 52.6 Å². The normalized spacial score (nSPS) is 11.2. The highest BCUT2D eigenvalue weighted by Gasteiger charge is 2.26. The molecule has 2 aromatic heterocycles. The number of aryl methyl sites for hydroxylation is 1. The van der Waals surface area contributed by atoms with E-state index in [0.29, 0.717) is 22.2 Å². The van der Waals surface area contributed by atoms with Crippen LogP contribution in [0.15, 0.2) is 84.9 Å². The Balaban J connectivity index is 1.97. The van der Waals surface area contributed by atoms with Crippen molar-refractivity contribution >= 4 is 51.1 Å². The molecule has 0 aliphatic rings. The van der Waals surface area contributed by atoms with Crippen LogP contribution in [0.1, 0.15) is 31.8 Å². The number of para-hydroxylation sites is 1. The molecule has 0 fully saturated rings. The van der Waals surface area contributed by atoms with Crippen molar-refractivity contribution in [1.82, 2.24) is 4.40 Å². The second-order valence-electron chi connectivity index (χ2n) is 7.56. The van der Waals surface area contributed by atoms with E-state index >= 15 is 0 Å².